The zero-order valence-electron chi connectivity index (χ0n) is 16.4. The number of anilines is 1. The van der Waals surface area contributed by atoms with Gasteiger partial charge in [0.05, 0.1) is 10.2 Å². The molecule has 28 heavy (non-hydrogen) atoms. The largest absolute Gasteiger partial charge is 0.320 e. The van der Waals surface area contributed by atoms with E-state index in [2.05, 4.69) is 18.2 Å². The van der Waals surface area contributed by atoms with Gasteiger partial charge in [0.25, 0.3) is 5.91 Å². The Kier molecular flexibility index (Phi) is 6.00. The Morgan fingerprint density at radius 3 is 2.39 bits per heavy atom. The number of likely N-dealkylation sites (N-methyl/N-ethyl adjacent to an activating group) is 1. The summed E-state index contributed by atoms with van der Waals surface area (Å²) in [5, 5.41) is 1.22. The van der Waals surface area contributed by atoms with E-state index in [4.69, 9.17) is 4.98 Å². The highest BCUT2D eigenvalue weighted by Gasteiger charge is 2.27. The molecular formula is C22H28N4OS+2. The van der Waals surface area contributed by atoms with Crippen molar-refractivity contribution in [3.8, 4) is 0 Å². The topological polar surface area (TPSA) is 42.1 Å². The predicted molar refractivity (Wildman–Crippen MR) is 114 cm³/mol. The van der Waals surface area contributed by atoms with Crippen molar-refractivity contribution in [2.75, 3.05) is 44.2 Å². The average molecular weight is 397 g/mol. The molecule has 0 spiro atoms. The van der Waals surface area contributed by atoms with Crippen LogP contribution in [-0.4, -0.2) is 50.2 Å². The Balaban J connectivity index is 1.29. The Labute approximate surface area is 170 Å². The van der Waals surface area contributed by atoms with Crippen LogP contribution in [0.25, 0.3) is 10.2 Å². The number of amides is 1. The lowest BCUT2D eigenvalue weighted by atomic mass is 10.2. The highest BCUT2D eigenvalue weighted by molar-refractivity contribution is 7.18. The second-order valence-corrected chi connectivity index (χ2v) is 8.52. The number of rotatable bonds is 6. The number of hydrogen-bond donors (Lipinski definition) is 2. The van der Waals surface area contributed by atoms with E-state index in [0.717, 1.165) is 43.9 Å². The van der Waals surface area contributed by atoms with Crippen molar-refractivity contribution in [3.05, 3.63) is 59.6 Å². The first-order valence-electron chi connectivity index (χ1n) is 10.1. The molecule has 4 rings (SSSR count). The third-order valence-corrected chi connectivity index (χ3v) is 6.53. The van der Waals surface area contributed by atoms with Crippen LogP contribution >= 0.6 is 11.3 Å². The Bertz CT molecular complexity index is 885. The van der Waals surface area contributed by atoms with Crippen LogP contribution in [0.1, 0.15) is 11.9 Å². The van der Waals surface area contributed by atoms with Gasteiger partial charge >= 0.3 is 0 Å². The third-order valence-electron chi connectivity index (χ3n) is 5.49. The van der Waals surface area contributed by atoms with E-state index in [-0.39, 0.29) is 5.91 Å². The van der Waals surface area contributed by atoms with Crippen LogP contribution in [0.5, 0.6) is 0 Å². The summed E-state index contributed by atoms with van der Waals surface area (Å²) in [6, 6.07) is 18.3. The van der Waals surface area contributed by atoms with Gasteiger partial charge in [0.15, 0.2) is 6.54 Å². The van der Waals surface area contributed by atoms with Gasteiger partial charge in [-0.1, -0.05) is 30.3 Å². The molecule has 0 saturated carbocycles. The van der Waals surface area contributed by atoms with Gasteiger partial charge in [0, 0.05) is 12.2 Å². The van der Waals surface area contributed by atoms with Crippen LogP contribution < -0.4 is 14.7 Å². The molecule has 0 radical (unpaired) electrons. The number of thiazole rings is 1. The summed E-state index contributed by atoms with van der Waals surface area (Å²) < 4.78 is 1.27. The maximum Gasteiger partial charge on any atom is 0.282 e. The van der Waals surface area contributed by atoms with E-state index in [1.54, 1.807) is 4.90 Å². The Morgan fingerprint density at radius 1 is 1.00 bits per heavy atom. The summed E-state index contributed by atoms with van der Waals surface area (Å²) >= 11 is 1.81. The van der Waals surface area contributed by atoms with Crippen molar-refractivity contribution in [3.63, 3.8) is 0 Å². The molecule has 1 aromatic heterocycles. The van der Waals surface area contributed by atoms with Crippen molar-refractivity contribution >= 4 is 33.1 Å². The van der Waals surface area contributed by atoms with Gasteiger partial charge in [0.2, 0.25) is 0 Å². The molecule has 3 aromatic rings. The van der Waals surface area contributed by atoms with Crippen LogP contribution in [-0.2, 0) is 11.3 Å². The molecule has 1 fully saturated rings. The fraction of sp³-hybridized carbons (Fsp3) is 0.364. The molecule has 2 aromatic carbocycles. The van der Waals surface area contributed by atoms with E-state index < -0.39 is 0 Å². The van der Waals surface area contributed by atoms with Crippen molar-refractivity contribution < 1.29 is 14.6 Å². The lowest BCUT2D eigenvalue weighted by Gasteiger charge is -2.30. The van der Waals surface area contributed by atoms with Crippen LogP contribution in [0.3, 0.4) is 0 Å². The van der Waals surface area contributed by atoms with Crippen LogP contribution in [0.4, 0.5) is 5.69 Å². The molecule has 0 bridgehead atoms. The Morgan fingerprint density at radius 2 is 1.68 bits per heavy atom. The molecule has 1 amide bonds. The quantitative estimate of drug-likeness (QED) is 0.642. The standard InChI is InChI=1S/C22H26N4OS/c1-2-26(18-8-4-3-5-9-18)22(27)17-25-14-12-24(13-15-25)16-21-23-19-10-6-7-11-20(19)28-21/h3-11H,2,12-17H2,1H3/p+2. The van der Waals surface area contributed by atoms with Gasteiger partial charge in [-0.3, -0.25) is 4.79 Å². The molecule has 0 aliphatic carbocycles. The number of para-hydroxylation sites is 2. The summed E-state index contributed by atoms with van der Waals surface area (Å²) in [4.78, 5) is 22.4. The summed E-state index contributed by atoms with van der Waals surface area (Å²) in [6.45, 7) is 8.59. The van der Waals surface area contributed by atoms with Crippen molar-refractivity contribution in [1.82, 2.24) is 4.98 Å². The number of hydrogen-bond acceptors (Lipinski definition) is 3. The fourth-order valence-corrected chi connectivity index (χ4v) is 4.98. The Hall–Kier alpha value is -2.28. The molecule has 0 atom stereocenters. The van der Waals surface area contributed by atoms with Gasteiger partial charge in [0.1, 0.15) is 37.7 Å². The highest BCUT2D eigenvalue weighted by Crippen LogP contribution is 2.20. The van der Waals surface area contributed by atoms with E-state index in [9.17, 15) is 4.79 Å². The molecule has 2 N–H and O–H groups in total. The van der Waals surface area contributed by atoms with Gasteiger partial charge in [-0.25, -0.2) is 4.98 Å². The maximum absolute atomic E-state index is 12.8. The SMILES string of the molecule is CCN(C(=O)C[NH+]1CC[NH+](Cc2nc3ccccc3s2)CC1)c1ccccc1. The smallest absolute Gasteiger partial charge is 0.282 e. The minimum Gasteiger partial charge on any atom is -0.320 e. The normalized spacial score (nSPS) is 19.6. The molecule has 146 valence electrons. The molecule has 1 aliphatic rings. The fourth-order valence-electron chi connectivity index (χ4n) is 3.94. The zero-order valence-corrected chi connectivity index (χ0v) is 17.2. The number of quaternary nitrogens is 2. The third kappa shape index (κ3) is 4.41. The van der Waals surface area contributed by atoms with Crippen LogP contribution in [0.15, 0.2) is 54.6 Å². The number of nitrogens with zero attached hydrogens (tertiary/aromatic N) is 2. The van der Waals surface area contributed by atoms with Gasteiger partial charge in [-0.05, 0) is 31.2 Å². The number of carbonyl (C=O) groups excluding carboxylic acids is 1. The van der Waals surface area contributed by atoms with E-state index in [0.29, 0.717) is 13.1 Å². The number of fused-ring (bicyclic) bond motifs is 1. The maximum atomic E-state index is 12.8. The average Bonchev–Trinajstić information content (AvgIpc) is 3.13. The van der Waals surface area contributed by atoms with Gasteiger partial charge in [-0.2, -0.15) is 0 Å². The second-order valence-electron chi connectivity index (χ2n) is 7.40. The predicted octanol–water partition coefficient (Wildman–Crippen LogP) is 0.633. The second kappa shape index (κ2) is 8.82. The van der Waals surface area contributed by atoms with E-state index in [1.165, 1.54) is 14.6 Å². The van der Waals surface area contributed by atoms with Crippen LogP contribution in [0, 0.1) is 0 Å². The van der Waals surface area contributed by atoms with Crippen molar-refractivity contribution in [2.45, 2.75) is 13.5 Å². The summed E-state index contributed by atoms with van der Waals surface area (Å²) in [5.41, 5.74) is 2.10. The summed E-state index contributed by atoms with van der Waals surface area (Å²) in [7, 11) is 0. The summed E-state index contributed by atoms with van der Waals surface area (Å²) in [5.74, 6) is 0.221. The van der Waals surface area contributed by atoms with Crippen molar-refractivity contribution in [2.24, 2.45) is 0 Å². The lowest BCUT2D eigenvalue weighted by Crippen LogP contribution is -3.28. The summed E-state index contributed by atoms with van der Waals surface area (Å²) in [6.07, 6.45) is 0. The first-order chi connectivity index (χ1) is 13.7. The van der Waals surface area contributed by atoms with Gasteiger partial charge < -0.3 is 14.7 Å². The lowest BCUT2D eigenvalue weighted by molar-refractivity contribution is -1.02. The van der Waals surface area contributed by atoms with Crippen molar-refractivity contribution in [1.29, 1.82) is 0 Å². The number of benzene rings is 2. The molecule has 5 nitrogen and oxygen atoms in total. The van der Waals surface area contributed by atoms with Crippen LogP contribution in [0.2, 0.25) is 0 Å². The van der Waals surface area contributed by atoms with E-state index >= 15 is 0 Å². The molecule has 2 heterocycles. The molecular weight excluding hydrogens is 368 g/mol. The number of aromatic nitrogens is 1. The number of carbonyl (C=O) groups is 1. The molecule has 0 unspecified atom stereocenters. The number of piperazine rings is 1. The minimum atomic E-state index is 0.221. The first-order valence-corrected chi connectivity index (χ1v) is 10.9. The molecule has 1 saturated heterocycles. The minimum absolute atomic E-state index is 0.221. The highest BCUT2D eigenvalue weighted by atomic mass is 32.1. The molecule has 1 aliphatic heterocycles. The zero-order chi connectivity index (χ0) is 19.3. The first kappa shape index (κ1) is 19.1. The van der Waals surface area contributed by atoms with Gasteiger partial charge in [-0.15, -0.1) is 11.3 Å². The number of nitrogens with one attached hydrogen (secondary N) is 2. The van der Waals surface area contributed by atoms with E-state index in [1.807, 2.05) is 59.6 Å². The monoisotopic (exact) mass is 396 g/mol. The molecule has 6 heteroatoms.